The molecule has 0 fully saturated rings. The van der Waals surface area contributed by atoms with Gasteiger partial charge in [-0.05, 0) is 49.6 Å². The first kappa shape index (κ1) is 21.9. The summed E-state index contributed by atoms with van der Waals surface area (Å²) >= 11 is 1.27. The minimum absolute atomic E-state index is 0.0167. The zero-order valence-corrected chi connectivity index (χ0v) is 18.4. The number of hydrogen-bond acceptors (Lipinski definition) is 7. The molecule has 1 aromatic heterocycles. The van der Waals surface area contributed by atoms with Gasteiger partial charge >= 0.3 is 0 Å². The second-order valence-electron chi connectivity index (χ2n) is 7.38. The number of benzene rings is 2. The van der Waals surface area contributed by atoms with Gasteiger partial charge in [-0.3, -0.25) is 4.79 Å². The zero-order valence-electron chi connectivity index (χ0n) is 17.6. The van der Waals surface area contributed by atoms with Crippen molar-refractivity contribution in [3.05, 3.63) is 71.0 Å². The summed E-state index contributed by atoms with van der Waals surface area (Å²) in [5, 5.41) is 3.91. The molecule has 0 bridgehead atoms. The predicted octanol–water partition coefficient (Wildman–Crippen LogP) is 4.24. The molecule has 3 rings (SSSR count). The van der Waals surface area contributed by atoms with Crippen molar-refractivity contribution >= 4 is 22.4 Å². The van der Waals surface area contributed by atoms with Crippen molar-refractivity contribution in [2.24, 2.45) is 5.73 Å². The fourth-order valence-corrected chi connectivity index (χ4v) is 3.83. The van der Waals surface area contributed by atoms with Gasteiger partial charge in [0.1, 0.15) is 11.6 Å². The summed E-state index contributed by atoms with van der Waals surface area (Å²) in [5.74, 6) is 1.44. The summed E-state index contributed by atoms with van der Waals surface area (Å²) in [6.07, 6.45) is 1.97. The lowest BCUT2D eigenvalue weighted by atomic mass is 9.97. The molecule has 2 unspecified atom stereocenters. The van der Waals surface area contributed by atoms with Crippen LogP contribution in [0, 0.1) is 6.92 Å². The van der Waals surface area contributed by atoms with Crippen molar-refractivity contribution in [2.45, 2.75) is 45.2 Å². The molecule has 158 valence electrons. The van der Waals surface area contributed by atoms with E-state index in [0.29, 0.717) is 29.3 Å². The Morgan fingerprint density at radius 1 is 1.23 bits per heavy atom. The van der Waals surface area contributed by atoms with E-state index in [2.05, 4.69) is 39.8 Å². The van der Waals surface area contributed by atoms with Crippen LogP contribution in [0.5, 0.6) is 5.75 Å². The van der Waals surface area contributed by atoms with Crippen LogP contribution in [0.15, 0.2) is 48.5 Å². The number of aromatic nitrogens is 2. The highest BCUT2D eigenvalue weighted by atomic mass is 32.1. The smallest absolute Gasteiger partial charge is 0.203 e. The van der Waals surface area contributed by atoms with Gasteiger partial charge in [0.15, 0.2) is 5.78 Å². The van der Waals surface area contributed by atoms with Crippen molar-refractivity contribution in [3.8, 4) is 5.75 Å². The van der Waals surface area contributed by atoms with Crippen LogP contribution in [-0.2, 0) is 6.42 Å². The van der Waals surface area contributed by atoms with E-state index in [0.717, 1.165) is 12.2 Å². The van der Waals surface area contributed by atoms with Crippen LogP contribution in [-0.4, -0.2) is 34.3 Å². The Morgan fingerprint density at radius 2 is 2.00 bits per heavy atom. The molecule has 0 spiro atoms. The first-order valence-corrected chi connectivity index (χ1v) is 10.8. The van der Waals surface area contributed by atoms with E-state index in [9.17, 15) is 4.79 Å². The molecule has 0 radical (unpaired) electrons. The SMILES string of the molecule is CCC(N)CC(Nc1nc(Cc2cccc(C)c2)ns1)C(=O)c1ccc(OC)cc1. The number of aryl methyl sites for hydroxylation is 1. The molecule has 0 saturated carbocycles. The number of nitrogens with two attached hydrogens (primary N) is 1. The second kappa shape index (κ2) is 10.3. The lowest BCUT2D eigenvalue weighted by molar-refractivity contribution is 0.0962. The number of ether oxygens (including phenoxy) is 1. The quantitative estimate of drug-likeness (QED) is 0.473. The fraction of sp³-hybridized carbons (Fsp3) is 0.348. The molecule has 0 aliphatic rings. The van der Waals surface area contributed by atoms with E-state index in [4.69, 9.17) is 10.5 Å². The molecule has 30 heavy (non-hydrogen) atoms. The van der Waals surface area contributed by atoms with E-state index in [-0.39, 0.29) is 11.8 Å². The zero-order chi connectivity index (χ0) is 21.5. The first-order valence-electron chi connectivity index (χ1n) is 10.1. The number of rotatable bonds is 10. The number of carbonyl (C=O) groups is 1. The van der Waals surface area contributed by atoms with Crippen LogP contribution in [0.1, 0.15) is 47.1 Å². The average Bonchev–Trinajstić information content (AvgIpc) is 3.19. The molecule has 2 aromatic carbocycles. The van der Waals surface area contributed by atoms with E-state index in [1.807, 2.05) is 13.0 Å². The highest BCUT2D eigenvalue weighted by Crippen LogP contribution is 2.20. The lowest BCUT2D eigenvalue weighted by Gasteiger charge is -2.20. The number of methoxy groups -OCH3 is 1. The topological polar surface area (TPSA) is 90.1 Å². The molecule has 3 N–H and O–H groups in total. The summed E-state index contributed by atoms with van der Waals surface area (Å²) in [6, 6.07) is 14.9. The first-order chi connectivity index (χ1) is 14.5. The second-order valence-corrected chi connectivity index (χ2v) is 8.13. The number of anilines is 1. The molecule has 1 heterocycles. The number of hydrogen-bond donors (Lipinski definition) is 2. The van der Waals surface area contributed by atoms with E-state index < -0.39 is 6.04 Å². The highest BCUT2D eigenvalue weighted by molar-refractivity contribution is 7.09. The van der Waals surface area contributed by atoms with Crippen LogP contribution in [0.25, 0.3) is 0 Å². The molecule has 0 aliphatic heterocycles. The number of Topliss-reactive ketones (excluding diaryl/α,β-unsaturated/α-hetero) is 1. The Morgan fingerprint density at radius 3 is 2.67 bits per heavy atom. The Balaban J connectivity index is 1.74. The molecule has 0 saturated heterocycles. The molecule has 0 aliphatic carbocycles. The number of nitrogens with zero attached hydrogens (tertiary/aromatic N) is 2. The monoisotopic (exact) mass is 424 g/mol. The standard InChI is InChI=1S/C23H28N4O2S/c1-4-18(24)14-20(22(28)17-8-10-19(29-3)11-9-17)25-23-26-21(27-30-23)13-16-7-5-6-15(2)12-16/h5-12,18,20H,4,13-14,24H2,1-3H3,(H,25,26,27). The van der Waals surface area contributed by atoms with Gasteiger partial charge in [-0.15, -0.1) is 0 Å². The van der Waals surface area contributed by atoms with E-state index in [1.54, 1.807) is 31.4 Å². The Bertz CT molecular complexity index is 971. The molecule has 2 atom stereocenters. The summed E-state index contributed by atoms with van der Waals surface area (Å²) in [4.78, 5) is 17.7. The minimum Gasteiger partial charge on any atom is -0.497 e. The van der Waals surface area contributed by atoms with Crippen molar-refractivity contribution in [2.75, 3.05) is 12.4 Å². The number of nitrogens with one attached hydrogen (secondary N) is 1. The van der Waals surface area contributed by atoms with E-state index in [1.165, 1.54) is 22.7 Å². The maximum Gasteiger partial charge on any atom is 0.203 e. The number of ketones is 1. The number of carbonyl (C=O) groups excluding carboxylic acids is 1. The van der Waals surface area contributed by atoms with Crippen molar-refractivity contribution in [1.82, 2.24) is 9.36 Å². The maximum absolute atomic E-state index is 13.1. The van der Waals surface area contributed by atoms with Gasteiger partial charge in [0.2, 0.25) is 5.13 Å². The van der Waals surface area contributed by atoms with Crippen molar-refractivity contribution in [3.63, 3.8) is 0 Å². The van der Waals surface area contributed by atoms with Gasteiger partial charge in [0.25, 0.3) is 0 Å². The Hall–Kier alpha value is -2.77. The molecular weight excluding hydrogens is 396 g/mol. The lowest BCUT2D eigenvalue weighted by Crippen LogP contribution is -2.36. The normalized spacial score (nSPS) is 12.9. The van der Waals surface area contributed by atoms with Gasteiger partial charge in [-0.1, -0.05) is 36.8 Å². The third-order valence-electron chi connectivity index (χ3n) is 4.96. The van der Waals surface area contributed by atoms with Crippen molar-refractivity contribution in [1.29, 1.82) is 0 Å². The van der Waals surface area contributed by atoms with Gasteiger partial charge < -0.3 is 15.8 Å². The van der Waals surface area contributed by atoms with Gasteiger partial charge in [-0.25, -0.2) is 4.98 Å². The van der Waals surface area contributed by atoms with Crippen LogP contribution in [0.2, 0.25) is 0 Å². The largest absolute Gasteiger partial charge is 0.497 e. The highest BCUT2D eigenvalue weighted by Gasteiger charge is 2.23. The minimum atomic E-state index is -0.465. The molecule has 3 aromatic rings. The Kier molecular flexibility index (Phi) is 7.54. The van der Waals surface area contributed by atoms with Gasteiger partial charge in [0, 0.05) is 29.6 Å². The summed E-state index contributed by atoms with van der Waals surface area (Å²) < 4.78 is 9.64. The molecule has 0 amide bonds. The molecule has 6 nitrogen and oxygen atoms in total. The molecule has 7 heteroatoms. The van der Waals surface area contributed by atoms with Crippen LogP contribution in [0.3, 0.4) is 0 Å². The van der Waals surface area contributed by atoms with Crippen LogP contribution < -0.4 is 15.8 Å². The third-order valence-corrected chi connectivity index (χ3v) is 5.65. The van der Waals surface area contributed by atoms with Gasteiger partial charge in [-0.2, -0.15) is 4.37 Å². The van der Waals surface area contributed by atoms with E-state index >= 15 is 0 Å². The molecular formula is C23H28N4O2S. The Labute approximate surface area is 181 Å². The summed E-state index contributed by atoms with van der Waals surface area (Å²) in [7, 11) is 1.60. The third kappa shape index (κ3) is 5.87. The van der Waals surface area contributed by atoms with Crippen LogP contribution in [0.4, 0.5) is 5.13 Å². The van der Waals surface area contributed by atoms with Gasteiger partial charge in [0.05, 0.1) is 13.2 Å². The average molecular weight is 425 g/mol. The van der Waals surface area contributed by atoms with Crippen LogP contribution >= 0.6 is 11.5 Å². The summed E-state index contributed by atoms with van der Waals surface area (Å²) in [6.45, 7) is 4.09. The fourth-order valence-electron chi connectivity index (χ4n) is 3.20. The van der Waals surface area contributed by atoms with Crippen molar-refractivity contribution < 1.29 is 9.53 Å². The summed E-state index contributed by atoms with van der Waals surface area (Å²) in [5.41, 5.74) is 9.15. The maximum atomic E-state index is 13.1. The predicted molar refractivity (Wildman–Crippen MR) is 122 cm³/mol.